The Bertz CT molecular complexity index is 1080. The smallest absolute Gasteiger partial charge is 0.351 e. The van der Waals surface area contributed by atoms with Crippen molar-refractivity contribution in [3.63, 3.8) is 0 Å². The molecule has 0 bridgehead atoms. The average Bonchev–Trinajstić information content (AvgIpc) is 3.43. The molecule has 196 valence electrons. The Morgan fingerprint density at radius 2 is 1.56 bits per heavy atom. The SMILES string of the molecule is NC1(c2cc(C(F)(F)F)cc(C(F)(F)F)c2)Nc2cnc(NC3CCCC3)nc2N1C1CCNCC1. The number of benzene rings is 1. The predicted molar refractivity (Wildman–Crippen MR) is 122 cm³/mol. The second-order valence-electron chi connectivity index (χ2n) is 9.59. The summed E-state index contributed by atoms with van der Waals surface area (Å²) in [5, 5.41) is 9.46. The van der Waals surface area contributed by atoms with E-state index in [0.717, 1.165) is 25.7 Å². The predicted octanol–water partition coefficient (Wildman–Crippen LogP) is 4.62. The number of rotatable bonds is 4. The van der Waals surface area contributed by atoms with Crippen molar-refractivity contribution >= 4 is 17.5 Å². The third kappa shape index (κ3) is 4.65. The molecular weight excluding hydrogens is 488 g/mol. The lowest BCUT2D eigenvalue weighted by molar-refractivity contribution is -0.143. The van der Waals surface area contributed by atoms with Crippen LogP contribution in [0.2, 0.25) is 0 Å². The number of nitrogens with two attached hydrogens (primary N) is 1. The highest BCUT2D eigenvalue weighted by Crippen LogP contribution is 2.46. The molecule has 13 heteroatoms. The minimum Gasteiger partial charge on any atom is -0.351 e. The standard InChI is InChI=1S/C23H27F6N7/c24-21(25,26)13-9-14(22(27,28)29)11-15(10-13)23(30)35-18-12-32-20(33-16-3-1-2-4-16)34-19(18)36(23)17-5-7-31-8-6-17/h9-12,16-17,31,35H,1-8,30H2,(H,32,33,34). The van der Waals surface area contributed by atoms with Gasteiger partial charge in [0, 0.05) is 17.6 Å². The first-order valence-electron chi connectivity index (χ1n) is 12.0. The maximum Gasteiger partial charge on any atom is 0.416 e. The number of nitrogens with zero attached hydrogens (tertiary/aromatic N) is 3. The Hall–Kier alpha value is -2.80. The minimum absolute atomic E-state index is 0.104. The van der Waals surface area contributed by atoms with Gasteiger partial charge in [0.1, 0.15) is 0 Å². The number of nitrogens with one attached hydrogen (secondary N) is 3. The van der Waals surface area contributed by atoms with E-state index in [1.807, 2.05) is 0 Å². The second-order valence-corrected chi connectivity index (χ2v) is 9.59. The molecule has 0 radical (unpaired) electrons. The summed E-state index contributed by atoms with van der Waals surface area (Å²) in [6.45, 7) is 1.25. The van der Waals surface area contributed by atoms with E-state index in [9.17, 15) is 26.3 Å². The van der Waals surface area contributed by atoms with Crippen molar-refractivity contribution in [3.05, 3.63) is 41.1 Å². The van der Waals surface area contributed by atoms with Crippen LogP contribution in [0.3, 0.4) is 0 Å². The van der Waals surface area contributed by atoms with Gasteiger partial charge < -0.3 is 20.9 Å². The van der Waals surface area contributed by atoms with Crippen molar-refractivity contribution in [1.82, 2.24) is 15.3 Å². The number of anilines is 3. The highest BCUT2D eigenvalue weighted by molar-refractivity contribution is 5.76. The van der Waals surface area contributed by atoms with Crippen LogP contribution >= 0.6 is 0 Å². The van der Waals surface area contributed by atoms with Crippen LogP contribution in [0.25, 0.3) is 0 Å². The number of piperidine rings is 1. The normalized spacial score (nSPS) is 23.6. The maximum atomic E-state index is 13.6. The lowest BCUT2D eigenvalue weighted by Gasteiger charge is -2.43. The maximum absolute atomic E-state index is 13.6. The van der Waals surface area contributed by atoms with Crippen LogP contribution in [0.4, 0.5) is 43.8 Å². The van der Waals surface area contributed by atoms with Crippen LogP contribution < -0.4 is 26.6 Å². The molecule has 2 aliphatic heterocycles. The minimum atomic E-state index is -4.99. The van der Waals surface area contributed by atoms with Gasteiger partial charge >= 0.3 is 12.4 Å². The largest absolute Gasteiger partial charge is 0.416 e. The van der Waals surface area contributed by atoms with Gasteiger partial charge in [-0.1, -0.05) is 12.8 Å². The zero-order chi connectivity index (χ0) is 25.7. The van der Waals surface area contributed by atoms with Crippen molar-refractivity contribution < 1.29 is 26.3 Å². The molecule has 3 heterocycles. The average molecular weight is 516 g/mol. The first kappa shape index (κ1) is 24.9. The van der Waals surface area contributed by atoms with E-state index in [-0.39, 0.29) is 23.7 Å². The summed E-state index contributed by atoms with van der Waals surface area (Å²) in [7, 11) is 0. The number of fused-ring (bicyclic) bond motifs is 1. The van der Waals surface area contributed by atoms with E-state index in [0.29, 0.717) is 55.5 Å². The molecule has 2 fully saturated rings. The molecule has 1 aromatic heterocycles. The Kier molecular flexibility index (Phi) is 6.18. The molecule has 1 unspecified atom stereocenters. The molecular formula is C23H27F6N7. The van der Waals surface area contributed by atoms with E-state index in [4.69, 9.17) is 5.73 Å². The summed E-state index contributed by atoms with van der Waals surface area (Å²) in [5.74, 6) is -1.19. The van der Waals surface area contributed by atoms with Crippen molar-refractivity contribution in [2.45, 2.75) is 68.7 Å². The lowest BCUT2D eigenvalue weighted by atomic mass is 9.96. The second kappa shape index (κ2) is 8.94. The summed E-state index contributed by atoms with van der Waals surface area (Å²) in [4.78, 5) is 10.6. The third-order valence-electron chi connectivity index (χ3n) is 7.09. The fraction of sp³-hybridized carbons (Fsp3) is 0.565. The van der Waals surface area contributed by atoms with Gasteiger partial charge in [0.15, 0.2) is 11.6 Å². The van der Waals surface area contributed by atoms with Gasteiger partial charge in [0.25, 0.3) is 0 Å². The van der Waals surface area contributed by atoms with Gasteiger partial charge in [-0.15, -0.1) is 0 Å². The topological polar surface area (TPSA) is 91.1 Å². The van der Waals surface area contributed by atoms with Crippen molar-refractivity contribution in [1.29, 1.82) is 0 Å². The number of aromatic nitrogens is 2. The van der Waals surface area contributed by atoms with E-state index in [1.54, 1.807) is 4.90 Å². The summed E-state index contributed by atoms with van der Waals surface area (Å²) >= 11 is 0. The molecule has 0 spiro atoms. The Morgan fingerprint density at radius 1 is 0.944 bits per heavy atom. The zero-order valence-electron chi connectivity index (χ0n) is 19.3. The zero-order valence-corrected chi connectivity index (χ0v) is 19.3. The summed E-state index contributed by atoms with van der Waals surface area (Å²) in [5.41, 5.74) is 3.86. The number of hydrogen-bond donors (Lipinski definition) is 4. The highest BCUT2D eigenvalue weighted by atomic mass is 19.4. The molecule has 5 rings (SSSR count). The van der Waals surface area contributed by atoms with Crippen molar-refractivity contribution in [3.8, 4) is 0 Å². The molecule has 1 aromatic carbocycles. The summed E-state index contributed by atoms with van der Waals surface area (Å²) in [6, 6.07) is 1.39. The van der Waals surface area contributed by atoms with E-state index >= 15 is 0 Å². The van der Waals surface area contributed by atoms with Gasteiger partial charge in [-0.2, -0.15) is 31.3 Å². The molecule has 3 aliphatic rings. The van der Waals surface area contributed by atoms with E-state index in [1.165, 1.54) is 6.20 Å². The third-order valence-corrected chi connectivity index (χ3v) is 7.09. The van der Waals surface area contributed by atoms with Gasteiger partial charge in [0.2, 0.25) is 5.95 Å². The van der Waals surface area contributed by atoms with Crippen LogP contribution in [0.15, 0.2) is 24.4 Å². The molecule has 36 heavy (non-hydrogen) atoms. The Morgan fingerprint density at radius 3 is 2.14 bits per heavy atom. The van der Waals surface area contributed by atoms with Gasteiger partial charge in [-0.3, -0.25) is 5.73 Å². The quantitative estimate of drug-likeness (QED) is 0.442. The van der Waals surface area contributed by atoms with Crippen molar-refractivity contribution in [2.24, 2.45) is 5.73 Å². The monoisotopic (exact) mass is 515 g/mol. The van der Waals surface area contributed by atoms with Gasteiger partial charge in [-0.25, -0.2) is 4.98 Å². The van der Waals surface area contributed by atoms with Crippen LogP contribution in [0.5, 0.6) is 0 Å². The lowest BCUT2D eigenvalue weighted by Crippen LogP contribution is -2.61. The van der Waals surface area contributed by atoms with Gasteiger partial charge in [-0.05, 0) is 57.0 Å². The van der Waals surface area contributed by atoms with E-state index < -0.39 is 29.3 Å². The fourth-order valence-electron chi connectivity index (χ4n) is 5.31. The number of hydrogen-bond acceptors (Lipinski definition) is 7. The van der Waals surface area contributed by atoms with E-state index in [2.05, 4.69) is 25.9 Å². The summed E-state index contributed by atoms with van der Waals surface area (Å²) in [6.07, 6.45) is -3.21. The van der Waals surface area contributed by atoms with Crippen LogP contribution in [-0.2, 0) is 18.1 Å². The highest BCUT2D eigenvalue weighted by Gasteiger charge is 2.49. The Balaban J connectivity index is 1.61. The first-order valence-corrected chi connectivity index (χ1v) is 12.0. The number of alkyl halides is 6. The van der Waals surface area contributed by atoms with Crippen LogP contribution in [0, 0.1) is 0 Å². The fourth-order valence-corrected chi connectivity index (χ4v) is 5.31. The van der Waals surface area contributed by atoms with Crippen LogP contribution in [0.1, 0.15) is 55.2 Å². The number of halogens is 6. The molecule has 7 nitrogen and oxygen atoms in total. The Labute approximate surface area is 203 Å². The van der Waals surface area contributed by atoms with Crippen LogP contribution in [-0.4, -0.2) is 35.1 Å². The molecule has 1 saturated carbocycles. The molecule has 1 saturated heterocycles. The molecule has 5 N–H and O–H groups in total. The van der Waals surface area contributed by atoms with Gasteiger partial charge in [0.05, 0.1) is 23.0 Å². The first-order chi connectivity index (χ1) is 16.9. The molecule has 2 aromatic rings. The molecule has 0 amide bonds. The summed E-state index contributed by atoms with van der Waals surface area (Å²) < 4.78 is 81.8. The molecule has 1 aliphatic carbocycles. The molecule has 1 atom stereocenters. The van der Waals surface area contributed by atoms with Crippen molar-refractivity contribution in [2.75, 3.05) is 28.6 Å².